The van der Waals surface area contributed by atoms with Crippen molar-refractivity contribution in [2.45, 2.75) is 19.9 Å². The van der Waals surface area contributed by atoms with Crippen molar-refractivity contribution >= 4 is 11.3 Å². The first-order chi connectivity index (χ1) is 12.2. The Morgan fingerprint density at radius 3 is 2.60 bits per heavy atom. The van der Waals surface area contributed by atoms with E-state index < -0.39 is 0 Å². The summed E-state index contributed by atoms with van der Waals surface area (Å²) in [6, 6.07) is 10.5. The summed E-state index contributed by atoms with van der Waals surface area (Å²) in [5.41, 5.74) is 2.91. The maximum Gasteiger partial charge on any atom is 0.123 e. The number of hydrogen-bond donors (Lipinski definition) is 1. The maximum atomic E-state index is 4.84. The Morgan fingerprint density at radius 2 is 1.88 bits per heavy atom. The molecule has 0 saturated carbocycles. The summed E-state index contributed by atoms with van der Waals surface area (Å²) in [6.45, 7) is 11.7. The van der Waals surface area contributed by atoms with Gasteiger partial charge in [-0.25, -0.2) is 4.98 Å². The lowest BCUT2D eigenvalue weighted by molar-refractivity contribution is 0.0927. The van der Waals surface area contributed by atoms with Gasteiger partial charge in [-0.3, -0.25) is 4.90 Å². The van der Waals surface area contributed by atoms with Crippen LogP contribution in [0.3, 0.4) is 0 Å². The van der Waals surface area contributed by atoms with Crippen LogP contribution < -0.4 is 5.32 Å². The molecule has 25 heavy (non-hydrogen) atoms. The molecule has 2 aliphatic heterocycles. The number of hydrogen-bond acceptors (Lipinski definition) is 5. The average molecular weight is 357 g/mol. The van der Waals surface area contributed by atoms with Gasteiger partial charge in [0.15, 0.2) is 0 Å². The van der Waals surface area contributed by atoms with E-state index in [0.29, 0.717) is 5.41 Å². The molecule has 1 unspecified atom stereocenters. The Morgan fingerprint density at radius 1 is 1.12 bits per heavy atom. The molecule has 0 bridgehead atoms. The number of benzene rings is 1. The predicted octanol–water partition coefficient (Wildman–Crippen LogP) is 2.93. The van der Waals surface area contributed by atoms with Crippen molar-refractivity contribution in [3.8, 4) is 10.6 Å². The van der Waals surface area contributed by atoms with E-state index in [1.54, 1.807) is 11.3 Å². The number of thiazole rings is 1. The van der Waals surface area contributed by atoms with Gasteiger partial charge in [-0.2, -0.15) is 0 Å². The molecule has 2 aliphatic rings. The molecule has 4 nitrogen and oxygen atoms in total. The zero-order valence-electron chi connectivity index (χ0n) is 15.1. The first-order valence-corrected chi connectivity index (χ1v) is 10.2. The minimum atomic E-state index is 0.474. The second-order valence-electron chi connectivity index (χ2n) is 7.80. The normalized spacial score (nSPS) is 25.5. The van der Waals surface area contributed by atoms with Gasteiger partial charge in [-0.15, -0.1) is 11.3 Å². The molecule has 0 radical (unpaired) electrons. The number of aromatic nitrogens is 1. The standard InChI is InChI=1S/C20H28N4S/c1-20(7-8-21-15-20)16-24-11-9-23(10-12-24)13-18-14-25-19(22-18)17-5-3-2-4-6-17/h2-6,14,21H,7-13,15-16H2,1H3. The largest absolute Gasteiger partial charge is 0.316 e. The van der Waals surface area contributed by atoms with Crippen LogP contribution >= 0.6 is 11.3 Å². The van der Waals surface area contributed by atoms with E-state index in [0.717, 1.165) is 24.6 Å². The molecule has 1 N–H and O–H groups in total. The smallest absolute Gasteiger partial charge is 0.123 e. The van der Waals surface area contributed by atoms with Gasteiger partial charge in [0.2, 0.25) is 0 Å². The zero-order valence-corrected chi connectivity index (χ0v) is 15.9. The Bertz CT molecular complexity index is 670. The maximum absolute atomic E-state index is 4.84. The molecule has 0 aliphatic carbocycles. The van der Waals surface area contributed by atoms with Crippen LogP contribution in [0.25, 0.3) is 10.6 Å². The molecule has 4 rings (SSSR count). The van der Waals surface area contributed by atoms with Gasteiger partial charge < -0.3 is 10.2 Å². The monoisotopic (exact) mass is 356 g/mol. The van der Waals surface area contributed by atoms with Gasteiger partial charge in [0.25, 0.3) is 0 Å². The molecule has 2 saturated heterocycles. The van der Waals surface area contributed by atoms with E-state index in [1.807, 2.05) is 0 Å². The van der Waals surface area contributed by atoms with Crippen LogP contribution in [-0.4, -0.2) is 60.6 Å². The average Bonchev–Trinajstić information content (AvgIpc) is 3.27. The van der Waals surface area contributed by atoms with Gasteiger partial charge in [0.1, 0.15) is 5.01 Å². The highest BCUT2D eigenvalue weighted by molar-refractivity contribution is 7.13. The lowest BCUT2D eigenvalue weighted by Gasteiger charge is -2.38. The molecule has 134 valence electrons. The second-order valence-corrected chi connectivity index (χ2v) is 8.66. The molecule has 2 fully saturated rings. The second kappa shape index (κ2) is 7.54. The van der Waals surface area contributed by atoms with E-state index in [9.17, 15) is 0 Å². The third kappa shape index (κ3) is 4.29. The fraction of sp³-hybridized carbons (Fsp3) is 0.550. The molecule has 0 spiro atoms. The highest BCUT2D eigenvalue weighted by Gasteiger charge is 2.31. The fourth-order valence-corrected chi connectivity index (χ4v) is 4.79. The van der Waals surface area contributed by atoms with Gasteiger partial charge in [-0.1, -0.05) is 37.3 Å². The van der Waals surface area contributed by atoms with Gasteiger partial charge >= 0.3 is 0 Å². The fourth-order valence-electron chi connectivity index (χ4n) is 3.97. The Hall–Kier alpha value is -1.27. The van der Waals surface area contributed by atoms with Crippen molar-refractivity contribution in [3.05, 3.63) is 41.4 Å². The predicted molar refractivity (Wildman–Crippen MR) is 105 cm³/mol. The van der Waals surface area contributed by atoms with Crippen molar-refractivity contribution in [2.24, 2.45) is 5.41 Å². The summed E-state index contributed by atoms with van der Waals surface area (Å²) in [5, 5.41) is 6.87. The number of rotatable bonds is 5. The zero-order chi connectivity index (χ0) is 17.1. The SMILES string of the molecule is CC1(CN2CCN(Cc3csc(-c4ccccc4)n3)CC2)CCNC1. The van der Waals surface area contributed by atoms with Crippen molar-refractivity contribution in [3.63, 3.8) is 0 Å². The number of nitrogens with one attached hydrogen (secondary N) is 1. The van der Waals surface area contributed by atoms with E-state index in [1.165, 1.54) is 50.4 Å². The minimum Gasteiger partial charge on any atom is -0.316 e. The summed E-state index contributed by atoms with van der Waals surface area (Å²) >= 11 is 1.76. The van der Waals surface area contributed by atoms with Crippen LogP contribution in [0.5, 0.6) is 0 Å². The molecule has 2 aromatic rings. The number of piperazine rings is 1. The van der Waals surface area contributed by atoms with Gasteiger partial charge in [0.05, 0.1) is 5.69 Å². The molecule has 3 heterocycles. The van der Waals surface area contributed by atoms with Crippen molar-refractivity contribution in [1.82, 2.24) is 20.1 Å². The van der Waals surface area contributed by atoms with E-state index in [4.69, 9.17) is 4.98 Å². The topological polar surface area (TPSA) is 31.4 Å². The van der Waals surface area contributed by atoms with E-state index in [2.05, 4.69) is 57.8 Å². The molecule has 1 aromatic carbocycles. The Labute approximate surface area is 154 Å². The first kappa shape index (κ1) is 17.2. The van der Waals surface area contributed by atoms with E-state index >= 15 is 0 Å². The minimum absolute atomic E-state index is 0.474. The summed E-state index contributed by atoms with van der Waals surface area (Å²) in [7, 11) is 0. The quantitative estimate of drug-likeness (QED) is 0.893. The molecule has 1 aromatic heterocycles. The highest BCUT2D eigenvalue weighted by atomic mass is 32.1. The first-order valence-electron chi connectivity index (χ1n) is 9.36. The lowest BCUT2D eigenvalue weighted by atomic mass is 9.89. The molecule has 0 amide bonds. The van der Waals surface area contributed by atoms with Crippen molar-refractivity contribution in [2.75, 3.05) is 45.8 Å². The Kier molecular flexibility index (Phi) is 5.17. The van der Waals surface area contributed by atoms with Gasteiger partial charge in [-0.05, 0) is 18.4 Å². The van der Waals surface area contributed by atoms with Crippen LogP contribution in [0, 0.1) is 5.41 Å². The summed E-state index contributed by atoms with van der Waals surface area (Å²) in [6.07, 6.45) is 1.31. The Balaban J connectivity index is 1.28. The molecular formula is C20H28N4S. The van der Waals surface area contributed by atoms with Crippen molar-refractivity contribution in [1.29, 1.82) is 0 Å². The summed E-state index contributed by atoms with van der Waals surface area (Å²) in [4.78, 5) is 10.0. The molecule has 1 atom stereocenters. The van der Waals surface area contributed by atoms with Crippen LogP contribution in [0.15, 0.2) is 35.7 Å². The van der Waals surface area contributed by atoms with Crippen LogP contribution in [0.2, 0.25) is 0 Å². The highest BCUT2D eigenvalue weighted by Crippen LogP contribution is 2.27. The van der Waals surface area contributed by atoms with Crippen molar-refractivity contribution < 1.29 is 0 Å². The van der Waals surface area contributed by atoms with Gasteiger partial charge in [0, 0.05) is 56.8 Å². The summed E-state index contributed by atoms with van der Waals surface area (Å²) in [5.74, 6) is 0. The molecule has 5 heteroatoms. The van der Waals surface area contributed by atoms with E-state index in [-0.39, 0.29) is 0 Å². The summed E-state index contributed by atoms with van der Waals surface area (Å²) < 4.78 is 0. The molecular weight excluding hydrogens is 328 g/mol. The third-order valence-electron chi connectivity index (χ3n) is 5.49. The lowest BCUT2D eigenvalue weighted by Crippen LogP contribution is -2.49. The van der Waals surface area contributed by atoms with Crippen LogP contribution in [0.4, 0.5) is 0 Å². The van der Waals surface area contributed by atoms with Crippen LogP contribution in [-0.2, 0) is 6.54 Å². The third-order valence-corrected chi connectivity index (χ3v) is 6.43. The van der Waals surface area contributed by atoms with Crippen LogP contribution in [0.1, 0.15) is 19.0 Å². The number of nitrogens with zero attached hydrogens (tertiary/aromatic N) is 3.